The van der Waals surface area contributed by atoms with Crippen LogP contribution >= 0.6 is 0 Å². The first-order valence-corrected chi connectivity index (χ1v) is 12.7. The van der Waals surface area contributed by atoms with Gasteiger partial charge in [-0.15, -0.1) is 25.2 Å². The van der Waals surface area contributed by atoms with Crippen LogP contribution in [0.1, 0.15) is 63.4 Å². The molecule has 1 saturated carbocycles. The third-order valence-electron chi connectivity index (χ3n) is 6.68. The van der Waals surface area contributed by atoms with Gasteiger partial charge in [-0.2, -0.15) is 0 Å². The van der Waals surface area contributed by atoms with Crippen LogP contribution in [0.3, 0.4) is 0 Å². The Morgan fingerprint density at radius 1 is 0.857 bits per heavy atom. The van der Waals surface area contributed by atoms with Gasteiger partial charge in [0.25, 0.3) is 0 Å². The van der Waals surface area contributed by atoms with Gasteiger partial charge < -0.3 is 31.1 Å². The quantitative estimate of drug-likeness (QED) is 0.327. The normalized spacial score (nSPS) is 29.4. The van der Waals surface area contributed by atoms with Gasteiger partial charge in [-0.25, -0.2) is 0 Å². The van der Waals surface area contributed by atoms with Gasteiger partial charge in [-0.3, -0.25) is 9.98 Å². The van der Waals surface area contributed by atoms with Crippen LogP contribution in [0.15, 0.2) is 28.2 Å². The predicted molar refractivity (Wildman–Crippen MR) is 137 cm³/mol. The summed E-state index contributed by atoms with van der Waals surface area (Å²) in [5.74, 6) is 0.234. The van der Waals surface area contributed by atoms with Gasteiger partial charge in [0.1, 0.15) is 11.5 Å². The molecule has 0 spiro atoms. The molecule has 4 rings (SSSR count). The zero-order valence-electron chi connectivity index (χ0n) is 20.4. The average molecular weight is 531 g/mol. The van der Waals surface area contributed by atoms with Crippen molar-refractivity contribution in [3.8, 4) is 11.5 Å². The van der Waals surface area contributed by atoms with Crippen molar-refractivity contribution in [1.29, 1.82) is 0 Å². The average Bonchev–Trinajstić information content (AvgIpc) is 2.84. The molecule has 3 fully saturated rings. The number of benzene rings is 1. The fourth-order valence-electron chi connectivity index (χ4n) is 4.57. The molecule has 1 aromatic carbocycles. The third kappa shape index (κ3) is 11.0. The summed E-state index contributed by atoms with van der Waals surface area (Å²) in [6.45, 7) is 3.38. The maximum atomic E-state index is 9.80. The van der Waals surface area contributed by atoms with Crippen LogP contribution in [-0.4, -0.2) is 83.3 Å². The topological polar surface area (TPSA) is 134 Å². The van der Waals surface area contributed by atoms with Gasteiger partial charge in [0.15, 0.2) is 0 Å². The number of rotatable bonds is 6. The first-order chi connectivity index (χ1) is 16.5. The summed E-state index contributed by atoms with van der Waals surface area (Å²) in [6.07, 6.45) is 12.1. The number of aliphatic hydroxyl groups excluding tert-OH is 2. The molecule has 1 aromatic rings. The van der Waals surface area contributed by atoms with Gasteiger partial charge >= 0.3 is 16.5 Å². The number of hydrogen-bond acceptors (Lipinski definition) is 6. The molecule has 5 unspecified atom stereocenters. The second kappa shape index (κ2) is 16.3. The van der Waals surface area contributed by atoms with Crippen LogP contribution in [0.5, 0.6) is 11.5 Å². The van der Waals surface area contributed by atoms with E-state index in [2.05, 4.69) is 20.6 Å². The molecular formula is C26H40N4NiO4. The van der Waals surface area contributed by atoms with Gasteiger partial charge in [0.2, 0.25) is 0 Å². The van der Waals surface area contributed by atoms with Crippen LogP contribution in [0.4, 0.5) is 0 Å². The largest absolute Gasteiger partial charge is 2.00 e. The Bertz CT molecular complexity index is 783. The third-order valence-corrected chi connectivity index (χ3v) is 6.68. The Morgan fingerprint density at radius 3 is 2.09 bits per heavy atom. The predicted octanol–water partition coefficient (Wildman–Crippen LogP) is 3.95. The number of phenolic OH excluding ortho intramolecular Hbond substituents is 2. The smallest absolute Gasteiger partial charge is 0.658 e. The van der Waals surface area contributed by atoms with Crippen molar-refractivity contribution in [1.82, 2.24) is 0 Å². The maximum absolute atomic E-state index is 9.80. The zero-order chi connectivity index (χ0) is 24.2. The second-order valence-corrected chi connectivity index (χ2v) is 9.56. The summed E-state index contributed by atoms with van der Waals surface area (Å²) < 4.78 is 0. The summed E-state index contributed by atoms with van der Waals surface area (Å²) >= 11 is 0. The van der Waals surface area contributed by atoms with Crippen molar-refractivity contribution in [3.63, 3.8) is 0 Å². The second-order valence-electron chi connectivity index (χ2n) is 9.56. The summed E-state index contributed by atoms with van der Waals surface area (Å²) in [6, 6.07) is 5.22. The first-order valence-electron chi connectivity index (χ1n) is 12.7. The molecule has 2 aliphatic heterocycles. The van der Waals surface area contributed by atoms with E-state index in [1.807, 2.05) is 6.21 Å². The van der Waals surface area contributed by atoms with Crippen LogP contribution in [0.2, 0.25) is 0 Å². The molecule has 0 aromatic heterocycles. The van der Waals surface area contributed by atoms with Gasteiger partial charge in [0.05, 0.1) is 12.2 Å². The van der Waals surface area contributed by atoms with E-state index in [0.29, 0.717) is 30.6 Å². The van der Waals surface area contributed by atoms with Crippen LogP contribution in [0, 0.1) is 5.92 Å². The van der Waals surface area contributed by atoms with E-state index in [1.165, 1.54) is 37.8 Å². The number of piperidine rings is 2. The molecule has 1 aliphatic carbocycles. The molecule has 0 bridgehead atoms. The van der Waals surface area contributed by atoms with Gasteiger partial charge in [0, 0.05) is 43.1 Å². The maximum Gasteiger partial charge on any atom is 2.00 e. The van der Waals surface area contributed by atoms with Crippen molar-refractivity contribution >= 4 is 12.4 Å². The van der Waals surface area contributed by atoms with E-state index in [4.69, 9.17) is 5.11 Å². The standard InChI is InChI=1S/C13H23N2O2.C13H17N2O2.Ni/c2*16-12-5-4-10(13(17)7-12)8-14-9-11-3-1-2-6-15-11;/h8,10-13,16-17H,1-7,9H2;4-5,7-8,11,16-17H,1-3,6,9H2;/q2*-1;+2. The van der Waals surface area contributed by atoms with Crippen molar-refractivity contribution in [3.05, 3.63) is 34.4 Å². The first kappa shape index (κ1) is 29.7. The van der Waals surface area contributed by atoms with Crippen LogP contribution in [-0.2, 0) is 16.5 Å². The SMILES string of the molecule is OC1CCC(C=NCC2CCCC[N-]2)C(O)C1.Oc1ccc(C=NCC2CCCC[N-]2)c(O)c1.[Ni+2]. The Hall–Kier alpha value is -1.51. The Balaban J connectivity index is 0.000000240. The molecule has 2 saturated heterocycles. The number of aromatic hydroxyl groups is 2. The van der Waals surface area contributed by atoms with E-state index in [-0.39, 0.29) is 40.0 Å². The monoisotopic (exact) mass is 530 g/mol. The fourth-order valence-corrected chi connectivity index (χ4v) is 4.57. The van der Waals surface area contributed by atoms with E-state index in [0.717, 1.165) is 45.3 Å². The minimum Gasteiger partial charge on any atom is -0.658 e. The molecule has 4 N–H and O–H groups in total. The summed E-state index contributed by atoms with van der Waals surface area (Å²) in [7, 11) is 0. The zero-order valence-corrected chi connectivity index (χ0v) is 21.3. The Morgan fingerprint density at radius 2 is 1.51 bits per heavy atom. The van der Waals surface area contributed by atoms with Crippen molar-refractivity contribution in [2.45, 2.75) is 82.1 Å². The number of phenols is 2. The molecule has 2 heterocycles. The summed E-state index contributed by atoms with van der Waals surface area (Å²) in [5.41, 5.74) is 0.624. The number of nitrogens with zero attached hydrogens (tertiary/aromatic N) is 4. The Labute approximate surface area is 219 Å². The molecule has 35 heavy (non-hydrogen) atoms. The van der Waals surface area contributed by atoms with E-state index in [1.54, 1.807) is 12.3 Å². The van der Waals surface area contributed by atoms with E-state index < -0.39 is 6.10 Å². The van der Waals surface area contributed by atoms with Crippen LogP contribution in [0.25, 0.3) is 10.6 Å². The van der Waals surface area contributed by atoms with Gasteiger partial charge in [-0.1, -0.05) is 38.5 Å². The molecule has 8 nitrogen and oxygen atoms in total. The number of aliphatic imine (C=N–C) groups is 2. The van der Waals surface area contributed by atoms with Crippen molar-refractivity contribution < 1.29 is 36.9 Å². The number of hydrogen-bond donors (Lipinski definition) is 4. The van der Waals surface area contributed by atoms with Crippen molar-refractivity contribution in [2.75, 3.05) is 26.2 Å². The molecule has 3 aliphatic rings. The fraction of sp³-hybridized carbons (Fsp3) is 0.692. The molecule has 198 valence electrons. The Kier molecular flexibility index (Phi) is 13.8. The molecule has 0 radical (unpaired) electrons. The minimum absolute atomic E-state index is 0. The molecule has 9 heteroatoms. The van der Waals surface area contributed by atoms with Crippen molar-refractivity contribution in [2.24, 2.45) is 15.9 Å². The molecule has 0 amide bonds. The number of aliphatic hydroxyl groups is 2. The van der Waals surface area contributed by atoms with Crippen LogP contribution < -0.4 is 0 Å². The van der Waals surface area contributed by atoms with E-state index >= 15 is 0 Å². The van der Waals surface area contributed by atoms with Gasteiger partial charge in [-0.05, 0) is 31.4 Å². The molecular weight excluding hydrogens is 491 g/mol. The minimum atomic E-state index is -0.425. The summed E-state index contributed by atoms with van der Waals surface area (Å²) in [5, 5.41) is 46.9. The summed E-state index contributed by atoms with van der Waals surface area (Å²) in [4.78, 5) is 8.73. The molecule has 5 atom stereocenters. The van der Waals surface area contributed by atoms with E-state index in [9.17, 15) is 15.3 Å².